The third-order valence-electron chi connectivity index (χ3n) is 5.13. The van der Waals surface area contributed by atoms with Crippen LogP contribution >= 0.6 is 11.6 Å². The van der Waals surface area contributed by atoms with Gasteiger partial charge in [0.05, 0.1) is 0 Å². The van der Waals surface area contributed by atoms with Crippen LogP contribution < -0.4 is 5.32 Å². The van der Waals surface area contributed by atoms with E-state index in [-0.39, 0.29) is 17.2 Å². The Hall–Kier alpha value is -1.87. The minimum Gasteiger partial charge on any atom is -0.355 e. The van der Waals surface area contributed by atoms with Gasteiger partial charge in [-0.3, -0.25) is 9.78 Å². The number of hydrogen-bond donors (Lipinski definition) is 1. The summed E-state index contributed by atoms with van der Waals surface area (Å²) in [5, 5.41) is 3.93. The Bertz CT molecular complexity index is 727. The Morgan fingerprint density at radius 1 is 1.30 bits per heavy atom. The van der Waals surface area contributed by atoms with Crippen LogP contribution in [0.3, 0.4) is 0 Å². The number of pyridine rings is 1. The van der Waals surface area contributed by atoms with Gasteiger partial charge in [0, 0.05) is 35.3 Å². The van der Waals surface area contributed by atoms with Gasteiger partial charge in [-0.15, -0.1) is 0 Å². The number of amides is 1. The smallest absolute Gasteiger partial charge is 0.223 e. The van der Waals surface area contributed by atoms with Crippen molar-refractivity contribution in [3.63, 3.8) is 0 Å². The fourth-order valence-corrected chi connectivity index (χ4v) is 3.56. The van der Waals surface area contributed by atoms with Gasteiger partial charge in [-0.2, -0.15) is 0 Å². The molecule has 2 fully saturated rings. The summed E-state index contributed by atoms with van der Waals surface area (Å²) in [6.07, 6.45) is 6.80. The Morgan fingerprint density at radius 3 is 2.87 bits per heavy atom. The SMILES string of the molecule is O=C(NCC1(c2cccc(Cl)c2)CC1)[C@@H]1C[C@@H]1c1cccnc1. The normalized spacial score (nSPS) is 24.0. The fourth-order valence-electron chi connectivity index (χ4n) is 3.37. The van der Waals surface area contributed by atoms with Crippen molar-refractivity contribution in [2.75, 3.05) is 6.54 Å². The number of nitrogens with zero attached hydrogens (tertiary/aromatic N) is 1. The molecule has 0 unspecified atom stereocenters. The van der Waals surface area contributed by atoms with Gasteiger partial charge < -0.3 is 5.32 Å². The largest absolute Gasteiger partial charge is 0.355 e. The number of halogens is 1. The van der Waals surface area contributed by atoms with Gasteiger partial charge in [0.25, 0.3) is 0 Å². The van der Waals surface area contributed by atoms with Crippen molar-refractivity contribution in [2.45, 2.75) is 30.6 Å². The molecule has 118 valence electrons. The molecule has 2 saturated carbocycles. The van der Waals surface area contributed by atoms with Crippen molar-refractivity contribution in [1.29, 1.82) is 0 Å². The van der Waals surface area contributed by atoms with Crippen LogP contribution in [-0.2, 0) is 10.2 Å². The molecule has 1 N–H and O–H groups in total. The van der Waals surface area contributed by atoms with Crippen LogP contribution in [0.4, 0.5) is 0 Å². The molecule has 4 rings (SSSR count). The molecular formula is C19H19ClN2O. The van der Waals surface area contributed by atoms with Gasteiger partial charge >= 0.3 is 0 Å². The minimum absolute atomic E-state index is 0.0965. The Kier molecular flexibility index (Phi) is 3.61. The number of rotatable bonds is 5. The van der Waals surface area contributed by atoms with E-state index in [0.717, 1.165) is 24.3 Å². The summed E-state index contributed by atoms with van der Waals surface area (Å²) in [6, 6.07) is 12.0. The summed E-state index contributed by atoms with van der Waals surface area (Å²) in [7, 11) is 0. The molecule has 1 amide bonds. The lowest BCUT2D eigenvalue weighted by atomic mass is 9.96. The standard InChI is InChI=1S/C19H19ClN2O/c20-15-5-1-4-14(9-15)19(6-7-19)12-22-18(23)17-10-16(17)13-3-2-8-21-11-13/h1-5,8-9,11,16-17H,6-7,10,12H2,(H,22,23)/t16-,17-/m1/s1. The summed E-state index contributed by atoms with van der Waals surface area (Å²) < 4.78 is 0. The number of carbonyl (C=O) groups excluding carboxylic acids is 1. The second-order valence-corrected chi connectivity index (χ2v) is 7.18. The quantitative estimate of drug-likeness (QED) is 0.910. The molecule has 1 aromatic heterocycles. The summed E-state index contributed by atoms with van der Waals surface area (Å²) >= 11 is 6.10. The highest BCUT2D eigenvalue weighted by molar-refractivity contribution is 6.30. The van der Waals surface area contributed by atoms with Crippen LogP contribution in [0.2, 0.25) is 5.02 Å². The van der Waals surface area contributed by atoms with E-state index in [1.54, 1.807) is 6.20 Å². The van der Waals surface area contributed by atoms with Gasteiger partial charge in [0.1, 0.15) is 0 Å². The molecule has 2 aromatic rings. The van der Waals surface area contributed by atoms with Gasteiger partial charge in [-0.25, -0.2) is 0 Å². The van der Waals surface area contributed by atoms with Crippen LogP contribution in [0, 0.1) is 5.92 Å². The lowest BCUT2D eigenvalue weighted by Crippen LogP contribution is -2.33. The first-order chi connectivity index (χ1) is 11.2. The highest BCUT2D eigenvalue weighted by Crippen LogP contribution is 2.50. The summed E-state index contributed by atoms with van der Waals surface area (Å²) in [6.45, 7) is 0.711. The second-order valence-electron chi connectivity index (χ2n) is 6.74. The van der Waals surface area contributed by atoms with Crippen LogP contribution in [0.15, 0.2) is 48.8 Å². The van der Waals surface area contributed by atoms with Crippen molar-refractivity contribution in [1.82, 2.24) is 10.3 Å². The van der Waals surface area contributed by atoms with Gasteiger partial charge in [-0.1, -0.05) is 29.8 Å². The predicted molar refractivity (Wildman–Crippen MR) is 90.5 cm³/mol. The first kappa shape index (κ1) is 14.7. The van der Waals surface area contributed by atoms with Crippen LogP contribution in [0.25, 0.3) is 0 Å². The molecule has 3 nitrogen and oxygen atoms in total. The number of nitrogens with one attached hydrogen (secondary N) is 1. The number of aromatic nitrogens is 1. The zero-order valence-electron chi connectivity index (χ0n) is 12.8. The monoisotopic (exact) mass is 326 g/mol. The van der Waals surface area contributed by atoms with Crippen molar-refractivity contribution in [2.24, 2.45) is 5.92 Å². The summed E-state index contributed by atoms with van der Waals surface area (Å²) in [5.74, 6) is 0.617. The highest BCUT2D eigenvalue weighted by atomic mass is 35.5. The molecule has 2 aliphatic carbocycles. The third kappa shape index (κ3) is 2.98. The molecule has 23 heavy (non-hydrogen) atoms. The second kappa shape index (κ2) is 5.64. The maximum Gasteiger partial charge on any atom is 0.223 e. The van der Waals surface area contributed by atoms with Crippen molar-refractivity contribution < 1.29 is 4.79 Å². The van der Waals surface area contributed by atoms with Crippen LogP contribution in [-0.4, -0.2) is 17.4 Å². The number of carbonyl (C=O) groups is 1. The van der Waals surface area contributed by atoms with Crippen LogP contribution in [0.1, 0.15) is 36.3 Å². The maximum absolute atomic E-state index is 12.4. The van der Waals surface area contributed by atoms with E-state index in [9.17, 15) is 4.79 Å². The fraction of sp³-hybridized carbons (Fsp3) is 0.368. The lowest BCUT2D eigenvalue weighted by Gasteiger charge is -2.17. The Labute approximate surface area is 141 Å². The molecule has 0 saturated heterocycles. The van der Waals surface area contributed by atoms with E-state index in [1.165, 1.54) is 11.1 Å². The summed E-state index contributed by atoms with van der Waals surface area (Å²) in [4.78, 5) is 16.5. The molecule has 0 aliphatic heterocycles. The molecule has 2 atom stereocenters. The molecule has 0 spiro atoms. The predicted octanol–water partition coefficient (Wildman–Crippen LogP) is 3.69. The Morgan fingerprint density at radius 2 is 2.17 bits per heavy atom. The molecule has 0 bridgehead atoms. The molecular weight excluding hydrogens is 308 g/mol. The molecule has 1 aromatic carbocycles. The van der Waals surface area contributed by atoms with Gasteiger partial charge in [-0.05, 0) is 54.5 Å². The average Bonchev–Trinajstić information content (AvgIpc) is 3.48. The number of benzene rings is 1. The van der Waals surface area contributed by atoms with Crippen molar-refractivity contribution in [3.05, 3.63) is 64.9 Å². The lowest BCUT2D eigenvalue weighted by molar-refractivity contribution is -0.122. The Balaban J connectivity index is 1.36. The van der Waals surface area contributed by atoms with Crippen molar-refractivity contribution in [3.8, 4) is 0 Å². The van der Waals surface area contributed by atoms with E-state index in [0.29, 0.717) is 12.5 Å². The van der Waals surface area contributed by atoms with E-state index in [2.05, 4.69) is 22.4 Å². The van der Waals surface area contributed by atoms with Gasteiger partial charge in [0.2, 0.25) is 5.91 Å². The molecule has 4 heteroatoms. The van der Waals surface area contributed by atoms with Crippen molar-refractivity contribution >= 4 is 17.5 Å². The highest BCUT2D eigenvalue weighted by Gasteiger charge is 2.47. The first-order valence-electron chi connectivity index (χ1n) is 8.12. The zero-order valence-corrected chi connectivity index (χ0v) is 13.6. The van der Waals surface area contributed by atoms with Crippen LogP contribution in [0.5, 0.6) is 0 Å². The molecule has 0 radical (unpaired) electrons. The van der Waals surface area contributed by atoms with E-state index in [1.807, 2.05) is 30.5 Å². The third-order valence-corrected chi connectivity index (χ3v) is 5.37. The molecule has 2 aliphatic rings. The molecule has 1 heterocycles. The average molecular weight is 327 g/mol. The maximum atomic E-state index is 12.4. The zero-order chi connectivity index (χ0) is 15.9. The van der Waals surface area contributed by atoms with E-state index >= 15 is 0 Å². The van der Waals surface area contributed by atoms with E-state index < -0.39 is 0 Å². The van der Waals surface area contributed by atoms with Gasteiger partial charge in [0.15, 0.2) is 0 Å². The topological polar surface area (TPSA) is 42.0 Å². The first-order valence-corrected chi connectivity index (χ1v) is 8.49. The minimum atomic E-state index is 0.0965. The number of hydrogen-bond acceptors (Lipinski definition) is 2. The van der Waals surface area contributed by atoms with E-state index in [4.69, 9.17) is 11.6 Å². The summed E-state index contributed by atoms with van der Waals surface area (Å²) in [5.41, 5.74) is 2.51.